The Bertz CT molecular complexity index is 320. The Morgan fingerprint density at radius 1 is 1.31 bits per heavy atom. The third-order valence-corrected chi connectivity index (χ3v) is 3.36. The molecule has 0 unspecified atom stereocenters. The first-order valence-corrected chi connectivity index (χ1v) is 6.08. The van der Waals surface area contributed by atoms with Crippen molar-refractivity contribution in [1.82, 2.24) is 4.90 Å². The lowest BCUT2D eigenvalue weighted by atomic mass is 10.1. The Balaban J connectivity index is 1.95. The van der Waals surface area contributed by atoms with Gasteiger partial charge in [0.05, 0.1) is 6.61 Å². The van der Waals surface area contributed by atoms with Gasteiger partial charge < -0.3 is 4.74 Å². The van der Waals surface area contributed by atoms with Gasteiger partial charge in [0.15, 0.2) is 0 Å². The second kappa shape index (κ2) is 5.46. The minimum absolute atomic E-state index is 0.617. The van der Waals surface area contributed by atoms with Crippen LogP contribution >= 0.6 is 0 Å². The molecule has 2 heteroatoms. The number of aryl methyl sites for hydroxylation is 1. The molecule has 2 nitrogen and oxygen atoms in total. The van der Waals surface area contributed by atoms with Crippen LogP contribution in [0.25, 0.3) is 0 Å². The van der Waals surface area contributed by atoms with Crippen LogP contribution < -0.4 is 0 Å². The minimum atomic E-state index is 0.617. The smallest absolute Gasteiger partial charge is 0.0618 e. The van der Waals surface area contributed by atoms with Gasteiger partial charge in [-0.3, -0.25) is 4.90 Å². The summed E-state index contributed by atoms with van der Waals surface area (Å²) < 4.78 is 5.27. The average Bonchev–Trinajstić information content (AvgIpc) is 2.70. The van der Waals surface area contributed by atoms with Crippen molar-refractivity contribution in [3.8, 4) is 0 Å². The normalized spacial score (nSPS) is 21.5. The molecule has 0 radical (unpaired) electrons. The van der Waals surface area contributed by atoms with Crippen LogP contribution in [0.15, 0.2) is 24.3 Å². The SMILES string of the molecule is COC[C@@H]1CCCN1Cc1ccc(C)cc1. The van der Waals surface area contributed by atoms with Gasteiger partial charge in [0.2, 0.25) is 0 Å². The molecule has 1 aliphatic rings. The number of benzene rings is 1. The molecule has 1 aromatic carbocycles. The van der Waals surface area contributed by atoms with E-state index < -0.39 is 0 Å². The number of ether oxygens (including phenoxy) is 1. The van der Waals surface area contributed by atoms with Gasteiger partial charge in [0, 0.05) is 19.7 Å². The molecule has 1 saturated heterocycles. The molecule has 88 valence electrons. The zero-order valence-corrected chi connectivity index (χ0v) is 10.3. The van der Waals surface area contributed by atoms with Crippen molar-refractivity contribution in [3.05, 3.63) is 35.4 Å². The zero-order valence-electron chi connectivity index (χ0n) is 10.3. The lowest BCUT2D eigenvalue weighted by Gasteiger charge is -2.23. The third kappa shape index (κ3) is 2.83. The summed E-state index contributed by atoms with van der Waals surface area (Å²) in [5.74, 6) is 0. The number of hydrogen-bond donors (Lipinski definition) is 0. The first kappa shape index (κ1) is 11.6. The highest BCUT2D eigenvalue weighted by molar-refractivity contribution is 5.21. The molecule has 16 heavy (non-hydrogen) atoms. The van der Waals surface area contributed by atoms with E-state index in [0.717, 1.165) is 13.2 Å². The van der Waals surface area contributed by atoms with E-state index in [1.54, 1.807) is 7.11 Å². The summed E-state index contributed by atoms with van der Waals surface area (Å²) in [4.78, 5) is 2.54. The first-order valence-electron chi connectivity index (χ1n) is 6.08. The fraction of sp³-hybridized carbons (Fsp3) is 0.571. The van der Waals surface area contributed by atoms with E-state index in [9.17, 15) is 0 Å². The molecule has 1 fully saturated rings. The highest BCUT2D eigenvalue weighted by Gasteiger charge is 2.23. The summed E-state index contributed by atoms with van der Waals surface area (Å²) >= 11 is 0. The van der Waals surface area contributed by atoms with Crippen molar-refractivity contribution >= 4 is 0 Å². The summed E-state index contributed by atoms with van der Waals surface area (Å²) in [5, 5.41) is 0. The topological polar surface area (TPSA) is 12.5 Å². The van der Waals surface area contributed by atoms with Crippen LogP contribution in [0.4, 0.5) is 0 Å². The minimum Gasteiger partial charge on any atom is -0.383 e. The summed E-state index contributed by atoms with van der Waals surface area (Å²) in [6.45, 7) is 5.27. The second-order valence-electron chi connectivity index (χ2n) is 4.71. The fourth-order valence-electron chi connectivity index (χ4n) is 2.41. The summed E-state index contributed by atoms with van der Waals surface area (Å²) in [5.41, 5.74) is 2.74. The molecule has 1 heterocycles. The van der Waals surface area contributed by atoms with Crippen molar-refractivity contribution < 1.29 is 4.74 Å². The standard InChI is InChI=1S/C14H21NO/c1-12-5-7-13(8-6-12)10-15-9-3-4-14(15)11-16-2/h5-8,14H,3-4,9-11H2,1-2H3/t14-/m0/s1. The Kier molecular flexibility index (Phi) is 3.97. The van der Waals surface area contributed by atoms with Gasteiger partial charge in [-0.25, -0.2) is 0 Å². The molecule has 0 bridgehead atoms. The second-order valence-corrected chi connectivity index (χ2v) is 4.71. The number of rotatable bonds is 4. The Morgan fingerprint density at radius 3 is 2.75 bits per heavy atom. The van der Waals surface area contributed by atoms with Gasteiger partial charge in [0.25, 0.3) is 0 Å². The molecule has 0 aliphatic carbocycles. The molecule has 0 aromatic heterocycles. The Morgan fingerprint density at radius 2 is 2.06 bits per heavy atom. The summed E-state index contributed by atoms with van der Waals surface area (Å²) in [6, 6.07) is 9.47. The van der Waals surface area contributed by atoms with E-state index in [0.29, 0.717) is 6.04 Å². The largest absolute Gasteiger partial charge is 0.383 e. The molecular weight excluding hydrogens is 198 g/mol. The highest BCUT2D eigenvalue weighted by Crippen LogP contribution is 2.20. The summed E-state index contributed by atoms with van der Waals surface area (Å²) in [7, 11) is 1.79. The maximum absolute atomic E-state index is 5.27. The van der Waals surface area contributed by atoms with Crippen molar-refractivity contribution in [1.29, 1.82) is 0 Å². The van der Waals surface area contributed by atoms with Gasteiger partial charge >= 0.3 is 0 Å². The van der Waals surface area contributed by atoms with Crippen molar-refractivity contribution in [2.24, 2.45) is 0 Å². The van der Waals surface area contributed by atoms with Crippen LogP contribution in [0.1, 0.15) is 24.0 Å². The van der Waals surface area contributed by atoms with E-state index in [1.807, 2.05) is 0 Å². The van der Waals surface area contributed by atoms with E-state index in [1.165, 1.54) is 30.5 Å². The molecule has 1 aliphatic heterocycles. The molecule has 1 aromatic rings. The van der Waals surface area contributed by atoms with Gasteiger partial charge in [-0.05, 0) is 31.9 Å². The van der Waals surface area contributed by atoms with Crippen LogP contribution in [0.5, 0.6) is 0 Å². The van der Waals surface area contributed by atoms with Crippen molar-refractivity contribution in [2.45, 2.75) is 32.4 Å². The van der Waals surface area contributed by atoms with Crippen LogP contribution in [-0.2, 0) is 11.3 Å². The number of likely N-dealkylation sites (tertiary alicyclic amines) is 1. The number of methoxy groups -OCH3 is 1. The average molecular weight is 219 g/mol. The maximum Gasteiger partial charge on any atom is 0.0618 e. The van der Waals surface area contributed by atoms with Crippen LogP contribution in [0.2, 0.25) is 0 Å². The third-order valence-electron chi connectivity index (χ3n) is 3.36. The molecular formula is C14H21NO. The quantitative estimate of drug-likeness (QED) is 0.772. The lowest BCUT2D eigenvalue weighted by molar-refractivity contribution is 0.112. The molecule has 0 N–H and O–H groups in total. The molecule has 0 amide bonds. The lowest BCUT2D eigenvalue weighted by Crippen LogP contribution is -2.32. The van der Waals surface area contributed by atoms with Gasteiger partial charge in [0.1, 0.15) is 0 Å². The van der Waals surface area contributed by atoms with Gasteiger partial charge in [-0.1, -0.05) is 29.8 Å². The highest BCUT2D eigenvalue weighted by atomic mass is 16.5. The zero-order chi connectivity index (χ0) is 11.4. The Labute approximate surface area is 98.2 Å². The van der Waals surface area contributed by atoms with Crippen LogP contribution in [0.3, 0.4) is 0 Å². The predicted molar refractivity (Wildman–Crippen MR) is 66.5 cm³/mol. The monoisotopic (exact) mass is 219 g/mol. The fourth-order valence-corrected chi connectivity index (χ4v) is 2.41. The van der Waals surface area contributed by atoms with Crippen molar-refractivity contribution in [3.63, 3.8) is 0 Å². The number of nitrogens with zero attached hydrogens (tertiary/aromatic N) is 1. The van der Waals surface area contributed by atoms with Gasteiger partial charge in [-0.2, -0.15) is 0 Å². The molecule has 0 saturated carbocycles. The van der Waals surface area contributed by atoms with E-state index in [2.05, 4.69) is 36.1 Å². The van der Waals surface area contributed by atoms with Gasteiger partial charge in [-0.15, -0.1) is 0 Å². The van der Waals surface area contributed by atoms with E-state index in [4.69, 9.17) is 4.74 Å². The van der Waals surface area contributed by atoms with Crippen LogP contribution in [0, 0.1) is 6.92 Å². The molecule has 2 rings (SSSR count). The molecule has 1 atom stereocenters. The van der Waals surface area contributed by atoms with E-state index >= 15 is 0 Å². The van der Waals surface area contributed by atoms with Crippen LogP contribution in [-0.4, -0.2) is 31.2 Å². The summed E-state index contributed by atoms with van der Waals surface area (Å²) in [6.07, 6.45) is 2.58. The maximum atomic E-state index is 5.27. The number of hydrogen-bond acceptors (Lipinski definition) is 2. The molecule has 0 spiro atoms. The van der Waals surface area contributed by atoms with E-state index in [-0.39, 0.29) is 0 Å². The predicted octanol–water partition coefficient (Wildman–Crippen LogP) is 2.61. The Hall–Kier alpha value is -0.860. The first-order chi connectivity index (χ1) is 7.79. The van der Waals surface area contributed by atoms with Crippen molar-refractivity contribution in [2.75, 3.05) is 20.3 Å².